The number of rotatable bonds is 16. The molecule has 3 heterocycles. The fourth-order valence-electron chi connectivity index (χ4n) is 5.24. The molecule has 0 aliphatic carbocycles. The quantitative estimate of drug-likeness (QED) is 0.165. The minimum Gasteiger partial charge on any atom is -0.468 e. The molecule has 4 rings (SSSR count). The molecule has 1 aliphatic heterocycles. The predicted molar refractivity (Wildman–Crippen MR) is 183 cm³/mol. The number of methoxy groups -OCH3 is 2. The lowest BCUT2D eigenvalue weighted by atomic mass is 9.90. The highest BCUT2D eigenvalue weighted by molar-refractivity contribution is 5.83. The van der Waals surface area contributed by atoms with Crippen LogP contribution in [0.5, 0.6) is 12.0 Å². The molecule has 1 amide bonds. The molecule has 0 bridgehead atoms. The second kappa shape index (κ2) is 16.5. The van der Waals surface area contributed by atoms with Crippen molar-refractivity contribution in [2.24, 2.45) is 0 Å². The maximum Gasteiger partial charge on any atom is 0.410 e. The lowest BCUT2D eigenvalue weighted by Crippen LogP contribution is -2.50. The van der Waals surface area contributed by atoms with Crippen LogP contribution in [-0.2, 0) is 23.7 Å². The fraction of sp³-hybridized carbons (Fsp3) is 0.618. The number of anilines is 1. The van der Waals surface area contributed by atoms with Crippen LogP contribution in [0.3, 0.4) is 0 Å². The van der Waals surface area contributed by atoms with Crippen LogP contribution in [0.1, 0.15) is 71.0 Å². The number of ether oxygens (including phenoxy) is 6. The van der Waals surface area contributed by atoms with E-state index >= 15 is 0 Å². The maximum absolute atomic E-state index is 12.5. The molecule has 1 aromatic carbocycles. The zero-order chi connectivity index (χ0) is 35.8. The number of aromatic nitrogens is 4. The van der Waals surface area contributed by atoms with Crippen LogP contribution < -0.4 is 20.5 Å². The second-order valence-electron chi connectivity index (χ2n) is 13.8. The number of nitrogens with one attached hydrogen (secondary N) is 1. The van der Waals surface area contributed by atoms with E-state index in [0.717, 1.165) is 11.1 Å². The van der Waals surface area contributed by atoms with Crippen molar-refractivity contribution >= 4 is 29.0 Å². The number of likely N-dealkylation sites (tertiary alicyclic amines) is 1. The van der Waals surface area contributed by atoms with Crippen molar-refractivity contribution < 1.29 is 38.0 Å². The first-order valence-corrected chi connectivity index (χ1v) is 16.5. The van der Waals surface area contributed by atoms with Gasteiger partial charge in [-0.25, -0.2) is 9.59 Å². The van der Waals surface area contributed by atoms with Crippen molar-refractivity contribution in [3.63, 3.8) is 0 Å². The van der Waals surface area contributed by atoms with Crippen molar-refractivity contribution in [2.45, 2.75) is 71.1 Å². The van der Waals surface area contributed by atoms with Gasteiger partial charge < -0.3 is 44.4 Å². The Hall–Kier alpha value is -4.21. The van der Waals surface area contributed by atoms with Crippen LogP contribution in [0.25, 0.3) is 11.2 Å². The number of hydrogen-bond acceptors (Lipinski definition) is 13. The largest absolute Gasteiger partial charge is 0.468 e. The number of carbonyl (C=O) groups is 2. The smallest absolute Gasteiger partial charge is 0.410 e. The van der Waals surface area contributed by atoms with Crippen LogP contribution in [0.4, 0.5) is 10.6 Å². The summed E-state index contributed by atoms with van der Waals surface area (Å²) < 4.78 is 34.7. The van der Waals surface area contributed by atoms with Gasteiger partial charge in [-0.15, -0.1) is 0 Å². The van der Waals surface area contributed by atoms with Crippen molar-refractivity contribution in [1.82, 2.24) is 29.7 Å². The summed E-state index contributed by atoms with van der Waals surface area (Å²) in [7, 11) is 3.12. The maximum atomic E-state index is 12.5. The summed E-state index contributed by atoms with van der Waals surface area (Å²) in [6, 6.07) is 8.39. The number of esters is 1. The minimum atomic E-state index is -0.557. The fourth-order valence-corrected chi connectivity index (χ4v) is 5.24. The van der Waals surface area contributed by atoms with Crippen LogP contribution in [-0.4, -0.2) is 115 Å². The van der Waals surface area contributed by atoms with E-state index in [1.807, 2.05) is 46.1 Å². The molecule has 270 valence electrons. The van der Waals surface area contributed by atoms with Gasteiger partial charge in [-0.05, 0) is 65.6 Å². The first kappa shape index (κ1) is 37.6. The average molecular weight is 686 g/mol. The molecule has 1 fully saturated rings. The molecule has 1 unspecified atom stereocenters. The topological polar surface area (TPSA) is 174 Å². The molecule has 0 radical (unpaired) electrons. The lowest BCUT2D eigenvalue weighted by molar-refractivity contribution is -0.160. The Balaban J connectivity index is 1.51. The van der Waals surface area contributed by atoms with Gasteiger partial charge in [0, 0.05) is 39.3 Å². The van der Waals surface area contributed by atoms with Gasteiger partial charge in [0.25, 0.3) is 6.01 Å². The van der Waals surface area contributed by atoms with E-state index in [9.17, 15) is 9.59 Å². The Kier molecular flexibility index (Phi) is 12.6. The number of nitrogens with two attached hydrogens (primary N) is 1. The number of carbonyl (C=O) groups excluding carboxylic acids is 2. The van der Waals surface area contributed by atoms with Gasteiger partial charge in [-0.2, -0.15) is 15.0 Å². The van der Waals surface area contributed by atoms with Crippen LogP contribution in [0.15, 0.2) is 24.3 Å². The number of nitrogen functional groups attached to an aromatic ring is 1. The first-order chi connectivity index (χ1) is 23.2. The summed E-state index contributed by atoms with van der Waals surface area (Å²) in [6.45, 7) is 14.2. The van der Waals surface area contributed by atoms with Gasteiger partial charge in [-0.1, -0.05) is 24.3 Å². The van der Waals surface area contributed by atoms with Crippen LogP contribution in [0, 0.1) is 0 Å². The zero-order valence-corrected chi connectivity index (χ0v) is 29.9. The number of benzene rings is 1. The van der Waals surface area contributed by atoms with Gasteiger partial charge in [0.2, 0.25) is 0 Å². The summed E-state index contributed by atoms with van der Waals surface area (Å²) >= 11 is 0. The molecular weight excluding hydrogens is 634 g/mol. The summed E-state index contributed by atoms with van der Waals surface area (Å²) in [5.41, 5.74) is 8.16. The molecule has 1 aliphatic rings. The third kappa shape index (κ3) is 10.6. The summed E-state index contributed by atoms with van der Waals surface area (Å²) in [5, 5.41) is 3.50. The summed E-state index contributed by atoms with van der Waals surface area (Å²) in [4.78, 5) is 39.7. The van der Waals surface area contributed by atoms with Crippen LogP contribution in [0.2, 0.25) is 0 Å². The van der Waals surface area contributed by atoms with Crippen molar-refractivity contribution in [3.05, 3.63) is 35.4 Å². The van der Waals surface area contributed by atoms with E-state index in [4.69, 9.17) is 34.2 Å². The van der Waals surface area contributed by atoms with Crippen molar-refractivity contribution in [2.75, 3.05) is 72.6 Å². The van der Waals surface area contributed by atoms with E-state index in [1.165, 1.54) is 0 Å². The molecule has 15 nitrogen and oxygen atoms in total. The Bertz CT molecular complexity index is 1540. The number of amides is 1. The van der Waals surface area contributed by atoms with Gasteiger partial charge in [0.05, 0.1) is 19.8 Å². The number of imidazole rings is 1. The number of nitrogens with zero attached hydrogens (tertiary/aromatic N) is 5. The predicted octanol–water partition coefficient (Wildman–Crippen LogP) is 3.70. The summed E-state index contributed by atoms with van der Waals surface area (Å²) in [6.07, 6.45) is 0.367. The van der Waals surface area contributed by atoms with Gasteiger partial charge in [0.1, 0.15) is 24.4 Å². The SMILES string of the molecule is COCCOc1nc(N)c2nc(OC)n(C(CNCCCOCC(=O)OC(C)(C)C)c3ccc(C4CN(C(=O)OC(C)(C)C)C4)cc3)c2n1. The van der Waals surface area contributed by atoms with Crippen LogP contribution >= 0.6 is 0 Å². The standard InChI is InChI=1S/C34H51N7O8/c1-33(2,3)48-26(42)21-46-15-9-14-36-18-25(23-12-10-22(11-13-23)24-19-40(20-24)32(43)49-34(4,5)6)41-29-27(37-31(41)45-8)28(35)38-30(39-29)47-17-16-44-7/h10-13,24-25,36H,9,14-21H2,1-8H3,(H2,35,38,39). The average Bonchev–Trinajstić information content (AvgIpc) is 3.35. The molecule has 15 heteroatoms. The molecule has 2 aromatic heterocycles. The first-order valence-electron chi connectivity index (χ1n) is 16.5. The molecule has 3 aromatic rings. The highest BCUT2D eigenvalue weighted by atomic mass is 16.6. The van der Waals surface area contributed by atoms with E-state index in [0.29, 0.717) is 63.0 Å². The van der Waals surface area contributed by atoms with Gasteiger partial charge in [-0.3, -0.25) is 4.57 Å². The third-order valence-corrected chi connectivity index (χ3v) is 7.47. The molecule has 49 heavy (non-hydrogen) atoms. The lowest BCUT2D eigenvalue weighted by Gasteiger charge is -2.40. The number of fused-ring (bicyclic) bond motifs is 1. The molecule has 1 saturated heterocycles. The van der Waals surface area contributed by atoms with E-state index in [2.05, 4.69) is 44.5 Å². The normalized spacial score (nSPS) is 14.4. The van der Waals surface area contributed by atoms with E-state index in [-0.39, 0.29) is 43.1 Å². The molecule has 0 spiro atoms. The highest BCUT2D eigenvalue weighted by Gasteiger charge is 2.35. The van der Waals surface area contributed by atoms with E-state index in [1.54, 1.807) is 19.1 Å². The van der Waals surface area contributed by atoms with Gasteiger partial charge >= 0.3 is 18.1 Å². The van der Waals surface area contributed by atoms with Crippen molar-refractivity contribution in [1.29, 1.82) is 0 Å². The van der Waals surface area contributed by atoms with Crippen molar-refractivity contribution in [3.8, 4) is 12.0 Å². The van der Waals surface area contributed by atoms with Gasteiger partial charge in [0.15, 0.2) is 17.0 Å². The molecule has 0 saturated carbocycles. The monoisotopic (exact) mass is 685 g/mol. The third-order valence-electron chi connectivity index (χ3n) is 7.47. The second-order valence-corrected chi connectivity index (χ2v) is 13.8. The minimum absolute atomic E-state index is 0.100. The Morgan fingerprint density at radius 3 is 2.29 bits per heavy atom. The molecular formula is C34H51N7O8. The zero-order valence-electron chi connectivity index (χ0n) is 29.9. The number of hydrogen-bond donors (Lipinski definition) is 2. The van der Waals surface area contributed by atoms with E-state index < -0.39 is 17.2 Å². The highest BCUT2D eigenvalue weighted by Crippen LogP contribution is 2.34. The molecule has 1 atom stereocenters. The molecule has 3 N–H and O–H groups in total. The Morgan fingerprint density at radius 2 is 1.65 bits per heavy atom. The Labute approximate surface area is 287 Å². The summed E-state index contributed by atoms with van der Waals surface area (Å²) in [5.74, 6) is -0.0192. The Morgan fingerprint density at radius 1 is 0.959 bits per heavy atom.